The third-order valence-corrected chi connectivity index (χ3v) is 5.15. The molecule has 2 heterocycles. The highest BCUT2D eigenvalue weighted by atomic mass is 19.4. The summed E-state index contributed by atoms with van der Waals surface area (Å²) in [6.45, 7) is 5.71. The van der Waals surface area contributed by atoms with E-state index in [2.05, 4.69) is 9.97 Å². The molecule has 1 atom stereocenters. The molecule has 2 aromatic heterocycles. The number of aryl methyl sites for hydroxylation is 1. The molecular formula is C24H23F4N3O2. The highest BCUT2D eigenvalue weighted by Crippen LogP contribution is 2.30. The SMILES string of the molecule is CCN(C(=O)c1ccc(F)cc1-c1ncccc1C)C(C)COc1ccc(C(F)(F)F)cn1. The summed E-state index contributed by atoms with van der Waals surface area (Å²) in [5.74, 6) is -0.807. The molecule has 0 saturated heterocycles. The van der Waals surface area contributed by atoms with Gasteiger partial charge in [-0.1, -0.05) is 6.07 Å². The lowest BCUT2D eigenvalue weighted by atomic mass is 9.99. The molecule has 0 radical (unpaired) electrons. The van der Waals surface area contributed by atoms with Gasteiger partial charge in [0.15, 0.2) is 0 Å². The van der Waals surface area contributed by atoms with Crippen LogP contribution in [0.1, 0.15) is 35.3 Å². The van der Waals surface area contributed by atoms with E-state index in [1.54, 1.807) is 31.0 Å². The van der Waals surface area contributed by atoms with Gasteiger partial charge in [-0.3, -0.25) is 9.78 Å². The molecule has 0 spiro atoms. The lowest BCUT2D eigenvalue weighted by Gasteiger charge is -2.29. The Labute approximate surface area is 189 Å². The molecule has 0 fully saturated rings. The van der Waals surface area contributed by atoms with E-state index < -0.39 is 23.6 Å². The van der Waals surface area contributed by atoms with E-state index in [4.69, 9.17) is 4.74 Å². The number of ether oxygens (including phenoxy) is 1. The van der Waals surface area contributed by atoms with Crippen LogP contribution in [-0.2, 0) is 6.18 Å². The number of benzene rings is 1. The van der Waals surface area contributed by atoms with Gasteiger partial charge in [0, 0.05) is 36.1 Å². The van der Waals surface area contributed by atoms with E-state index in [9.17, 15) is 22.4 Å². The smallest absolute Gasteiger partial charge is 0.417 e. The fourth-order valence-corrected chi connectivity index (χ4v) is 3.41. The lowest BCUT2D eigenvalue weighted by Crippen LogP contribution is -2.42. The number of hydrogen-bond donors (Lipinski definition) is 0. The van der Waals surface area contributed by atoms with E-state index in [1.165, 1.54) is 18.2 Å². The Morgan fingerprint density at radius 1 is 1.15 bits per heavy atom. The van der Waals surface area contributed by atoms with Crippen molar-refractivity contribution in [2.45, 2.75) is 33.0 Å². The predicted octanol–water partition coefficient (Wildman–Crippen LogP) is 5.54. The molecule has 0 aliphatic heterocycles. The van der Waals surface area contributed by atoms with Crippen molar-refractivity contribution in [3.8, 4) is 17.1 Å². The summed E-state index contributed by atoms with van der Waals surface area (Å²) in [6, 6.07) is 9.09. The van der Waals surface area contributed by atoms with Crippen LogP contribution >= 0.6 is 0 Å². The summed E-state index contributed by atoms with van der Waals surface area (Å²) >= 11 is 0. The van der Waals surface area contributed by atoms with Gasteiger partial charge in [-0.05, 0) is 56.7 Å². The molecule has 3 rings (SSSR count). The number of pyridine rings is 2. The van der Waals surface area contributed by atoms with Gasteiger partial charge in [0.25, 0.3) is 5.91 Å². The number of nitrogens with zero attached hydrogens (tertiary/aromatic N) is 3. The second-order valence-electron chi connectivity index (χ2n) is 7.49. The number of carbonyl (C=O) groups excluding carboxylic acids is 1. The topological polar surface area (TPSA) is 55.3 Å². The fraction of sp³-hybridized carbons (Fsp3) is 0.292. The molecule has 0 aliphatic carbocycles. The first-order valence-corrected chi connectivity index (χ1v) is 10.3. The largest absolute Gasteiger partial charge is 0.475 e. The Morgan fingerprint density at radius 2 is 1.91 bits per heavy atom. The average molecular weight is 461 g/mol. The molecule has 1 amide bonds. The van der Waals surface area contributed by atoms with Crippen LogP contribution in [0.25, 0.3) is 11.3 Å². The maximum Gasteiger partial charge on any atom is 0.417 e. The zero-order valence-corrected chi connectivity index (χ0v) is 18.4. The van der Waals surface area contributed by atoms with Crippen molar-refractivity contribution in [2.75, 3.05) is 13.2 Å². The Hall–Kier alpha value is -3.49. The third kappa shape index (κ3) is 5.66. The van der Waals surface area contributed by atoms with Gasteiger partial charge in [0.1, 0.15) is 12.4 Å². The first-order chi connectivity index (χ1) is 15.6. The van der Waals surface area contributed by atoms with E-state index in [1.807, 2.05) is 13.0 Å². The van der Waals surface area contributed by atoms with Crippen LogP contribution in [-0.4, -0.2) is 40.0 Å². The Bertz CT molecular complexity index is 1120. The first-order valence-electron chi connectivity index (χ1n) is 10.3. The molecule has 3 aromatic rings. The summed E-state index contributed by atoms with van der Waals surface area (Å²) in [6.07, 6.45) is -2.21. The van der Waals surface area contributed by atoms with E-state index in [0.29, 0.717) is 29.6 Å². The monoisotopic (exact) mass is 461 g/mol. The van der Waals surface area contributed by atoms with Gasteiger partial charge in [0.2, 0.25) is 5.88 Å². The van der Waals surface area contributed by atoms with Gasteiger partial charge in [0.05, 0.1) is 17.3 Å². The van der Waals surface area contributed by atoms with E-state index in [-0.39, 0.29) is 18.4 Å². The predicted molar refractivity (Wildman–Crippen MR) is 115 cm³/mol. The Morgan fingerprint density at radius 3 is 2.52 bits per heavy atom. The Kier molecular flexibility index (Phi) is 7.30. The van der Waals surface area contributed by atoms with E-state index in [0.717, 1.165) is 17.7 Å². The molecule has 33 heavy (non-hydrogen) atoms. The number of rotatable bonds is 7. The molecule has 0 N–H and O–H groups in total. The maximum atomic E-state index is 14.0. The average Bonchev–Trinajstić information content (AvgIpc) is 2.78. The highest BCUT2D eigenvalue weighted by molar-refractivity contribution is 6.01. The van der Waals surface area contributed by atoms with Gasteiger partial charge < -0.3 is 9.64 Å². The van der Waals surface area contributed by atoms with Gasteiger partial charge >= 0.3 is 6.18 Å². The van der Waals surface area contributed by atoms with Crippen molar-refractivity contribution in [1.82, 2.24) is 14.9 Å². The number of aromatic nitrogens is 2. The zero-order chi connectivity index (χ0) is 24.2. The number of halogens is 4. The van der Waals surface area contributed by atoms with Gasteiger partial charge in [-0.2, -0.15) is 13.2 Å². The fourth-order valence-electron chi connectivity index (χ4n) is 3.41. The minimum atomic E-state index is -4.48. The van der Waals surface area contributed by atoms with Crippen molar-refractivity contribution < 1.29 is 27.1 Å². The molecule has 9 heteroatoms. The number of amides is 1. The van der Waals surface area contributed by atoms with Crippen molar-refractivity contribution >= 4 is 5.91 Å². The summed E-state index contributed by atoms with van der Waals surface area (Å²) in [7, 11) is 0. The zero-order valence-electron chi connectivity index (χ0n) is 18.4. The van der Waals surface area contributed by atoms with E-state index >= 15 is 0 Å². The molecule has 1 unspecified atom stereocenters. The second-order valence-corrected chi connectivity index (χ2v) is 7.49. The van der Waals surface area contributed by atoms with Crippen LogP contribution in [0.3, 0.4) is 0 Å². The highest BCUT2D eigenvalue weighted by Gasteiger charge is 2.31. The summed E-state index contributed by atoms with van der Waals surface area (Å²) in [5, 5.41) is 0. The van der Waals surface area contributed by atoms with Crippen molar-refractivity contribution in [1.29, 1.82) is 0 Å². The molecule has 0 saturated carbocycles. The van der Waals surface area contributed by atoms with Crippen LogP contribution in [0, 0.1) is 12.7 Å². The molecule has 0 aliphatic rings. The molecular weight excluding hydrogens is 438 g/mol. The number of likely N-dealkylation sites (N-methyl/N-ethyl adjacent to an activating group) is 1. The molecule has 174 valence electrons. The second kappa shape index (κ2) is 9.97. The summed E-state index contributed by atoms with van der Waals surface area (Å²) < 4.78 is 57.6. The number of hydrogen-bond acceptors (Lipinski definition) is 4. The normalized spacial score (nSPS) is 12.3. The van der Waals surface area contributed by atoms with Crippen molar-refractivity contribution in [2.24, 2.45) is 0 Å². The summed E-state index contributed by atoms with van der Waals surface area (Å²) in [5.41, 5.74) is 1.11. The molecule has 5 nitrogen and oxygen atoms in total. The molecule has 0 bridgehead atoms. The van der Waals surface area contributed by atoms with Crippen molar-refractivity contribution in [3.63, 3.8) is 0 Å². The van der Waals surface area contributed by atoms with Crippen LogP contribution in [0.5, 0.6) is 5.88 Å². The minimum Gasteiger partial charge on any atom is -0.475 e. The van der Waals surface area contributed by atoms with Gasteiger partial charge in [-0.15, -0.1) is 0 Å². The summed E-state index contributed by atoms with van der Waals surface area (Å²) in [4.78, 5) is 22.9. The van der Waals surface area contributed by atoms with Crippen molar-refractivity contribution in [3.05, 3.63) is 77.4 Å². The molecule has 1 aromatic carbocycles. The van der Waals surface area contributed by atoms with Crippen LogP contribution in [0.2, 0.25) is 0 Å². The standard InChI is InChI=1S/C24H23F4N3O2/c1-4-31(16(3)14-33-21-10-7-17(13-30-21)24(26,27)28)23(32)19-9-8-18(25)12-20(19)22-15(2)6-5-11-29-22/h5-13,16H,4,14H2,1-3H3. The van der Waals surface area contributed by atoms with Crippen LogP contribution in [0.15, 0.2) is 54.9 Å². The van der Waals surface area contributed by atoms with Crippen LogP contribution < -0.4 is 4.74 Å². The third-order valence-electron chi connectivity index (χ3n) is 5.15. The number of alkyl halides is 3. The van der Waals surface area contributed by atoms with Crippen LogP contribution in [0.4, 0.5) is 17.6 Å². The Balaban J connectivity index is 1.79. The quantitative estimate of drug-likeness (QED) is 0.434. The lowest BCUT2D eigenvalue weighted by molar-refractivity contribution is -0.137. The van der Waals surface area contributed by atoms with Gasteiger partial charge in [-0.25, -0.2) is 9.37 Å². The maximum absolute atomic E-state index is 14.0. The minimum absolute atomic E-state index is 0.0110. The first kappa shape index (κ1) is 24.2. The number of carbonyl (C=O) groups is 1.